The summed E-state index contributed by atoms with van der Waals surface area (Å²) in [7, 11) is 0. The van der Waals surface area contributed by atoms with Crippen molar-refractivity contribution in [1.29, 1.82) is 5.26 Å². The minimum absolute atomic E-state index is 0.0273. The molecule has 0 N–H and O–H groups in total. The predicted molar refractivity (Wildman–Crippen MR) is 106 cm³/mol. The van der Waals surface area contributed by atoms with Crippen LogP contribution in [0.5, 0.6) is 0 Å². The van der Waals surface area contributed by atoms with Crippen LogP contribution in [0.2, 0.25) is 5.15 Å². The number of alkyl halides is 3. The first-order chi connectivity index (χ1) is 14.8. The number of carbonyl (C=O) groups excluding carboxylic acids is 1. The van der Waals surface area contributed by atoms with Gasteiger partial charge in [0, 0.05) is 25.8 Å². The molecular formula is C19H19ClF4N6O2. The SMILES string of the molecule is CC(C)(C)OC(=O)N1CCN(c2nc(C(F)(F)F)nc3c(F)c(Cl)ncc23)C[C@@H]1CC#N. The van der Waals surface area contributed by atoms with E-state index in [-0.39, 0.29) is 37.3 Å². The molecule has 172 valence electrons. The van der Waals surface area contributed by atoms with E-state index in [2.05, 4.69) is 15.0 Å². The molecule has 0 radical (unpaired) electrons. The Bertz CT molecular complexity index is 1080. The first kappa shape index (κ1) is 23.7. The van der Waals surface area contributed by atoms with E-state index < -0.39 is 46.2 Å². The highest BCUT2D eigenvalue weighted by molar-refractivity contribution is 6.30. The van der Waals surface area contributed by atoms with Crippen molar-refractivity contribution >= 4 is 34.4 Å². The van der Waals surface area contributed by atoms with E-state index in [9.17, 15) is 27.6 Å². The van der Waals surface area contributed by atoms with Crippen molar-refractivity contribution in [2.24, 2.45) is 0 Å². The number of anilines is 1. The van der Waals surface area contributed by atoms with Crippen molar-refractivity contribution in [3.8, 4) is 6.07 Å². The first-order valence-corrected chi connectivity index (χ1v) is 9.90. The fourth-order valence-corrected chi connectivity index (χ4v) is 3.41. The van der Waals surface area contributed by atoms with Gasteiger partial charge in [-0.15, -0.1) is 0 Å². The summed E-state index contributed by atoms with van der Waals surface area (Å²) in [5.74, 6) is -2.94. The Balaban J connectivity index is 2.03. The van der Waals surface area contributed by atoms with Crippen LogP contribution < -0.4 is 4.90 Å². The highest BCUT2D eigenvalue weighted by Gasteiger charge is 2.39. The van der Waals surface area contributed by atoms with E-state index in [0.717, 1.165) is 6.20 Å². The molecule has 32 heavy (non-hydrogen) atoms. The number of rotatable bonds is 2. The normalized spacial score (nSPS) is 17.4. The molecule has 8 nitrogen and oxygen atoms in total. The highest BCUT2D eigenvalue weighted by atomic mass is 35.5. The molecule has 0 bridgehead atoms. The Hall–Kier alpha value is -2.94. The van der Waals surface area contributed by atoms with Gasteiger partial charge in [0.05, 0.1) is 23.9 Å². The number of amides is 1. The number of ether oxygens (including phenoxy) is 1. The van der Waals surface area contributed by atoms with E-state index in [1.165, 1.54) is 9.80 Å². The molecule has 1 atom stereocenters. The number of pyridine rings is 1. The van der Waals surface area contributed by atoms with Crippen LogP contribution in [0.1, 0.15) is 33.0 Å². The number of halogens is 5. The standard InChI is InChI=1S/C19H19ClF4N6O2/c1-18(2,3)32-17(31)30-7-6-29(9-10(30)4-5-25)15-11-8-26-14(20)12(21)13(11)27-16(28-15)19(22,23)24/h8,10H,4,6-7,9H2,1-3H3/t10-/m0/s1. The fourth-order valence-electron chi connectivity index (χ4n) is 3.28. The van der Waals surface area contributed by atoms with Crippen molar-refractivity contribution in [3.63, 3.8) is 0 Å². The first-order valence-electron chi connectivity index (χ1n) is 9.52. The smallest absolute Gasteiger partial charge is 0.444 e. The van der Waals surface area contributed by atoms with Gasteiger partial charge >= 0.3 is 12.3 Å². The second-order valence-electron chi connectivity index (χ2n) is 8.13. The molecule has 1 saturated heterocycles. The van der Waals surface area contributed by atoms with Gasteiger partial charge in [0.25, 0.3) is 0 Å². The molecule has 0 saturated carbocycles. The van der Waals surface area contributed by atoms with Gasteiger partial charge in [-0.2, -0.15) is 18.4 Å². The Labute approximate surface area is 185 Å². The lowest BCUT2D eigenvalue weighted by molar-refractivity contribution is -0.144. The quantitative estimate of drug-likeness (QED) is 0.476. The number of aromatic nitrogens is 3. The van der Waals surface area contributed by atoms with E-state index in [4.69, 9.17) is 16.3 Å². The van der Waals surface area contributed by atoms with Crippen LogP contribution in [0, 0.1) is 17.1 Å². The molecule has 0 aliphatic carbocycles. The van der Waals surface area contributed by atoms with Crippen LogP contribution in [0.25, 0.3) is 10.9 Å². The Morgan fingerprint density at radius 3 is 2.59 bits per heavy atom. The maximum absolute atomic E-state index is 14.5. The summed E-state index contributed by atoms with van der Waals surface area (Å²) in [6.07, 6.45) is -4.57. The Kier molecular flexibility index (Phi) is 6.33. The minimum Gasteiger partial charge on any atom is -0.444 e. The molecule has 3 heterocycles. The zero-order chi connectivity index (χ0) is 23.8. The molecule has 13 heteroatoms. The van der Waals surface area contributed by atoms with Crippen molar-refractivity contribution < 1.29 is 27.1 Å². The van der Waals surface area contributed by atoms with Crippen LogP contribution >= 0.6 is 11.6 Å². The molecule has 2 aromatic rings. The number of carbonyl (C=O) groups is 1. The van der Waals surface area contributed by atoms with Gasteiger partial charge in [0.2, 0.25) is 5.82 Å². The topological polar surface area (TPSA) is 95.2 Å². The molecule has 1 amide bonds. The summed E-state index contributed by atoms with van der Waals surface area (Å²) >= 11 is 5.63. The molecule has 3 rings (SSSR count). The number of piperazine rings is 1. The Morgan fingerprint density at radius 2 is 2.00 bits per heavy atom. The highest BCUT2D eigenvalue weighted by Crippen LogP contribution is 2.34. The van der Waals surface area contributed by atoms with E-state index >= 15 is 0 Å². The van der Waals surface area contributed by atoms with Gasteiger partial charge in [0.1, 0.15) is 16.9 Å². The maximum Gasteiger partial charge on any atom is 0.451 e. The maximum atomic E-state index is 14.5. The molecule has 1 fully saturated rings. The summed E-state index contributed by atoms with van der Waals surface area (Å²) < 4.78 is 60.0. The number of fused-ring (bicyclic) bond motifs is 1. The molecule has 0 aromatic carbocycles. The lowest BCUT2D eigenvalue weighted by Crippen LogP contribution is -2.56. The van der Waals surface area contributed by atoms with Gasteiger partial charge < -0.3 is 14.5 Å². The van der Waals surface area contributed by atoms with Crippen LogP contribution in [0.3, 0.4) is 0 Å². The predicted octanol–water partition coefficient (Wildman–Crippen LogP) is 4.18. The number of nitriles is 1. The van der Waals surface area contributed by atoms with Crippen LogP contribution in [-0.4, -0.2) is 57.2 Å². The monoisotopic (exact) mass is 474 g/mol. The lowest BCUT2D eigenvalue weighted by Gasteiger charge is -2.41. The molecule has 2 aromatic heterocycles. The van der Waals surface area contributed by atoms with Crippen molar-refractivity contribution in [2.75, 3.05) is 24.5 Å². The third-order valence-electron chi connectivity index (χ3n) is 4.61. The second-order valence-corrected chi connectivity index (χ2v) is 8.49. The van der Waals surface area contributed by atoms with Gasteiger partial charge in [-0.1, -0.05) is 11.6 Å². The van der Waals surface area contributed by atoms with E-state index in [0.29, 0.717) is 0 Å². The lowest BCUT2D eigenvalue weighted by atomic mass is 10.1. The Morgan fingerprint density at radius 1 is 1.31 bits per heavy atom. The molecule has 0 unspecified atom stereocenters. The van der Waals surface area contributed by atoms with Crippen molar-refractivity contribution in [2.45, 2.75) is 45.0 Å². The summed E-state index contributed by atoms with van der Waals surface area (Å²) in [4.78, 5) is 25.9. The van der Waals surface area contributed by atoms with Gasteiger partial charge in [-0.05, 0) is 20.8 Å². The van der Waals surface area contributed by atoms with Crippen LogP contribution in [0.15, 0.2) is 6.20 Å². The van der Waals surface area contributed by atoms with Gasteiger partial charge in [-0.3, -0.25) is 0 Å². The molecular weight excluding hydrogens is 456 g/mol. The van der Waals surface area contributed by atoms with E-state index in [1.807, 2.05) is 6.07 Å². The molecule has 0 spiro atoms. The van der Waals surface area contributed by atoms with Crippen LogP contribution in [-0.2, 0) is 10.9 Å². The summed E-state index contributed by atoms with van der Waals surface area (Å²) in [5, 5.41) is 8.51. The zero-order valence-electron chi connectivity index (χ0n) is 17.4. The number of hydrogen-bond acceptors (Lipinski definition) is 7. The third kappa shape index (κ3) is 4.93. The average molecular weight is 475 g/mol. The second kappa shape index (κ2) is 8.54. The number of hydrogen-bond donors (Lipinski definition) is 0. The zero-order valence-corrected chi connectivity index (χ0v) is 18.1. The number of nitrogens with zero attached hydrogens (tertiary/aromatic N) is 6. The van der Waals surface area contributed by atoms with Crippen molar-refractivity contribution in [1.82, 2.24) is 19.9 Å². The summed E-state index contributed by atoms with van der Waals surface area (Å²) in [6.45, 7) is 5.17. The minimum atomic E-state index is -4.94. The summed E-state index contributed by atoms with van der Waals surface area (Å²) in [6, 6.07) is 1.28. The van der Waals surface area contributed by atoms with E-state index in [1.54, 1.807) is 20.8 Å². The summed E-state index contributed by atoms with van der Waals surface area (Å²) in [5.41, 5.74) is -1.38. The van der Waals surface area contributed by atoms with Gasteiger partial charge in [-0.25, -0.2) is 24.1 Å². The molecule has 1 aliphatic heterocycles. The largest absolute Gasteiger partial charge is 0.451 e. The molecule has 1 aliphatic rings. The van der Waals surface area contributed by atoms with Crippen LogP contribution in [0.4, 0.5) is 28.2 Å². The average Bonchev–Trinajstić information content (AvgIpc) is 2.68. The third-order valence-corrected chi connectivity index (χ3v) is 4.88. The van der Waals surface area contributed by atoms with Crippen molar-refractivity contribution in [3.05, 3.63) is 23.0 Å². The fraction of sp³-hybridized carbons (Fsp3) is 0.526. The van der Waals surface area contributed by atoms with Gasteiger partial charge in [0.15, 0.2) is 11.0 Å².